The molecule has 0 saturated carbocycles. The molecule has 1 aromatic rings. The minimum absolute atomic E-state index is 0.669. The number of nitrogens with one attached hydrogen (secondary N) is 1. The summed E-state index contributed by atoms with van der Waals surface area (Å²) in [5.41, 5.74) is 0. The van der Waals surface area contributed by atoms with Crippen molar-refractivity contribution >= 4 is 0 Å². The van der Waals surface area contributed by atoms with Crippen molar-refractivity contribution in [2.45, 2.75) is 40.8 Å². The van der Waals surface area contributed by atoms with Crippen molar-refractivity contribution in [3.63, 3.8) is 0 Å². The fourth-order valence-electron chi connectivity index (χ4n) is 1.54. The Hall–Kier alpha value is -0.830. The molecular formula is C12H23N3. The van der Waals surface area contributed by atoms with Gasteiger partial charge in [-0.1, -0.05) is 27.7 Å². The Labute approximate surface area is 92.9 Å². The predicted octanol–water partition coefficient (Wildman–Crippen LogP) is 2.28. The largest absolute Gasteiger partial charge is 0.334 e. The lowest BCUT2D eigenvalue weighted by molar-refractivity contribution is 0.484. The van der Waals surface area contributed by atoms with Crippen molar-refractivity contribution < 1.29 is 0 Å². The third kappa shape index (κ3) is 4.47. The van der Waals surface area contributed by atoms with E-state index in [2.05, 4.69) is 48.8 Å². The predicted molar refractivity (Wildman–Crippen MR) is 63.6 cm³/mol. The van der Waals surface area contributed by atoms with E-state index in [0.717, 1.165) is 25.5 Å². The van der Waals surface area contributed by atoms with Crippen LogP contribution in [0.4, 0.5) is 0 Å². The molecule has 3 heteroatoms. The molecule has 0 aliphatic carbocycles. The van der Waals surface area contributed by atoms with Gasteiger partial charge in [0.15, 0.2) is 0 Å². The third-order valence-electron chi connectivity index (χ3n) is 2.20. The van der Waals surface area contributed by atoms with E-state index in [0.29, 0.717) is 11.8 Å². The maximum Gasteiger partial charge on any atom is 0.122 e. The first-order chi connectivity index (χ1) is 7.09. The molecule has 0 unspecified atom stereocenters. The first-order valence-electron chi connectivity index (χ1n) is 5.80. The number of hydrogen-bond donors (Lipinski definition) is 1. The molecule has 1 rings (SSSR count). The van der Waals surface area contributed by atoms with Gasteiger partial charge >= 0.3 is 0 Å². The van der Waals surface area contributed by atoms with E-state index < -0.39 is 0 Å². The van der Waals surface area contributed by atoms with Gasteiger partial charge in [0.05, 0.1) is 6.54 Å². The molecule has 0 bridgehead atoms. The number of rotatable bonds is 6. The summed E-state index contributed by atoms with van der Waals surface area (Å²) in [4.78, 5) is 4.37. The molecular weight excluding hydrogens is 186 g/mol. The van der Waals surface area contributed by atoms with E-state index in [4.69, 9.17) is 0 Å². The van der Waals surface area contributed by atoms with Crippen LogP contribution in [0.25, 0.3) is 0 Å². The molecule has 0 aromatic carbocycles. The maximum atomic E-state index is 4.37. The highest BCUT2D eigenvalue weighted by atomic mass is 15.1. The van der Waals surface area contributed by atoms with Crippen LogP contribution >= 0.6 is 0 Å². The van der Waals surface area contributed by atoms with Gasteiger partial charge in [-0.05, 0) is 18.4 Å². The van der Waals surface area contributed by atoms with Crippen molar-refractivity contribution in [1.82, 2.24) is 14.9 Å². The van der Waals surface area contributed by atoms with Gasteiger partial charge in [0.25, 0.3) is 0 Å². The number of aromatic nitrogens is 2. The van der Waals surface area contributed by atoms with Crippen LogP contribution < -0.4 is 5.32 Å². The molecule has 3 nitrogen and oxygen atoms in total. The van der Waals surface area contributed by atoms with Crippen molar-refractivity contribution in [1.29, 1.82) is 0 Å². The first-order valence-corrected chi connectivity index (χ1v) is 5.80. The summed E-state index contributed by atoms with van der Waals surface area (Å²) in [5, 5.41) is 3.42. The van der Waals surface area contributed by atoms with E-state index in [-0.39, 0.29) is 0 Å². The highest BCUT2D eigenvalue weighted by Gasteiger charge is 2.04. The lowest BCUT2D eigenvalue weighted by atomic mass is 10.2. The van der Waals surface area contributed by atoms with Gasteiger partial charge in [-0.25, -0.2) is 4.98 Å². The monoisotopic (exact) mass is 209 g/mol. The van der Waals surface area contributed by atoms with Gasteiger partial charge in [-0.2, -0.15) is 0 Å². The molecule has 0 aliphatic heterocycles. The summed E-state index contributed by atoms with van der Waals surface area (Å²) in [7, 11) is 0. The van der Waals surface area contributed by atoms with E-state index >= 15 is 0 Å². The standard InChI is InChI=1S/C12H23N3/c1-10(2)7-13-8-12-14-5-6-15(12)9-11(3)4/h5-6,10-11,13H,7-9H2,1-4H3. The SMILES string of the molecule is CC(C)CNCc1nccn1CC(C)C. The van der Waals surface area contributed by atoms with Crippen LogP contribution in [0.2, 0.25) is 0 Å². The minimum atomic E-state index is 0.669. The molecule has 1 N–H and O–H groups in total. The van der Waals surface area contributed by atoms with E-state index in [9.17, 15) is 0 Å². The van der Waals surface area contributed by atoms with Crippen molar-refractivity contribution in [3.8, 4) is 0 Å². The Morgan fingerprint density at radius 1 is 1.27 bits per heavy atom. The molecule has 15 heavy (non-hydrogen) atoms. The smallest absolute Gasteiger partial charge is 0.122 e. The molecule has 0 fully saturated rings. The zero-order chi connectivity index (χ0) is 11.3. The van der Waals surface area contributed by atoms with Crippen LogP contribution in [-0.4, -0.2) is 16.1 Å². The molecule has 1 aromatic heterocycles. The van der Waals surface area contributed by atoms with Crippen LogP contribution in [0.3, 0.4) is 0 Å². The Morgan fingerprint density at radius 2 is 2.00 bits per heavy atom. The lowest BCUT2D eigenvalue weighted by Gasteiger charge is -2.11. The van der Waals surface area contributed by atoms with Crippen LogP contribution in [0.15, 0.2) is 12.4 Å². The maximum absolute atomic E-state index is 4.37. The van der Waals surface area contributed by atoms with Crippen molar-refractivity contribution in [2.24, 2.45) is 11.8 Å². The van der Waals surface area contributed by atoms with Crippen LogP contribution in [0, 0.1) is 11.8 Å². The topological polar surface area (TPSA) is 29.9 Å². The van der Waals surface area contributed by atoms with Crippen LogP contribution in [0.1, 0.15) is 33.5 Å². The minimum Gasteiger partial charge on any atom is -0.334 e. The second-order valence-corrected chi connectivity index (χ2v) is 4.91. The number of nitrogens with zero attached hydrogens (tertiary/aromatic N) is 2. The summed E-state index contributed by atoms with van der Waals surface area (Å²) in [6.45, 7) is 11.9. The fraction of sp³-hybridized carbons (Fsp3) is 0.750. The van der Waals surface area contributed by atoms with Gasteiger partial charge in [-0.3, -0.25) is 0 Å². The zero-order valence-electron chi connectivity index (χ0n) is 10.3. The first kappa shape index (κ1) is 12.2. The van der Waals surface area contributed by atoms with Crippen molar-refractivity contribution in [2.75, 3.05) is 6.54 Å². The summed E-state index contributed by atoms with van der Waals surface area (Å²) in [6.07, 6.45) is 3.95. The highest BCUT2D eigenvalue weighted by Crippen LogP contribution is 2.03. The fourth-order valence-corrected chi connectivity index (χ4v) is 1.54. The highest BCUT2D eigenvalue weighted by molar-refractivity contribution is 4.92. The average Bonchev–Trinajstić information content (AvgIpc) is 2.51. The molecule has 0 radical (unpaired) electrons. The molecule has 0 amide bonds. The Morgan fingerprint density at radius 3 is 2.60 bits per heavy atom. The second-order valence-electron chi connectivity index (χ2n) is 4.91. The third-order valence-corrected chi connectivity index (χ3v) is 2.20. The number of hydrogen-bond acceptors (Lipinski definition) is 2. The molecule has 86 valence electrons. The van der Waals surface area contributed by atoms with Crippen LogP contribution in [-0.2, 0) is 13.1 Å². The second kappa shape index (κ2) is 5.91. The molecule has 0 atom stereocenters. The lowest BCUT2D eigenvalue weighted by Crippen LogP contribution is -2.22. The molecule has 0 aliphatic rings. The quantitative estimate of drug-likeness (QED) is 0.779. The van der Waals surface area contributed by atoms with Crippen molar-refractivity contribution in [3.05, 3.63) is 18.2 Å². The summed E-state index contributed by atoms with van der Waals surface area (Å²) >= 11 is 0. The van der Waals surface area contributed by atoms with E-state index in [1.807, 2.05) is 6.20 Å². The zero-order valence-corrected chi connectivity index (χ0v) is 10.3. The van der Waals surface area contributed by atoms with Gasteiger partial charge < -0.3 is 9.88 Å². The van der Waals surface area contributed by atoms with E-state index in [1.165, 1.54) is 0 Å². The van der Waals surface area contributed by atoms with Gasteiger partial charge in [0.1, 0.15) is 5.82 Å². The van der Waals surface area contributed by atoms with Gasteiger partial charge in [-0.15, -0.1) is 0 Å². The normalized spacial score (nSPS) is 11.6. The van der Waals surface area contributed by atoms with Gasteiger partial charge in [0.2, 0.25) is 0 Å². The number of imidazole rings is 1. The Bertz CT molecular complexity index is 276. The van der Waals surface area contributed by atoms with E-state index in [1.54, 1.807) is 0 Å². The molecule has 0 spiro atoms. The molecule has 0 saturated heterocycles. The molecule has 1 heterocycles. The summed E-state index contributed by atoms with van der Waals surface area (Å²) in [5.74, 6) is 2.51. The Balaban J connectivity index is 2.43. The summed E-state index contributed by atoms with van der Waals surface area (Å²) < 4.78 is 2.23. The Kier molecular flexibility index (Phi) is 4.82. The van der Waals surface area contributed by atoms with Crippen LogP contribution in [0.5, 0.6) is 0 Å². The summed E-state index contributed by atoms with van der Waals surface area (Å²) in [6, 6.07) is 0. The van der Waals surface area contributed by atoms with Gasteiger partial charge in [0, 0.05) is 18.9 Å². The average molecular weight is 209 g/mol.